The minimum Gasteiger partial charge on any atom is -0.449 e. The molecule has 0 saturated carbocycles. The molecule has 1 saturated heterocycles. The number of nitro benzene ring substituents is 1. The third kappa shape index (κ3) is 4.69. The highest BCUT2D eigenvalue weighted by Crippen LogP contribution is 2.35. The molecule has 1 atom stereocenters. The second kappa shape index (κ2) is 8.29. The molecular weight excluding hydrogens is 344 g/mol. The van der Waals surface area contributed by atoms with Crippen molar-refractivity contribution in [3.8, 4) is 11.5 Å². The third-order valence-corrected chi connectivity index (χ3v) is 4.34. The molecule has 7 heteroatoms. The second-order valence-electron chi connectivity index (χ2n) is 5.89. The van der Waals surface area contributed by atoms with E-state index in [2.05, 4.69) is 5.32 Å². The summed E-state index contributed by atoms with van der Waals surface area (Å²) in [5.41, 5.74) is 0.739. The molecule has 0 aromatic heterocycles. The molecular formula is C18H19ClN2O4. The highest BCUT2D eigenvalue weighted by atomic mass is 35.5. The summed E-state index contributed by atoms with van der Waals surface area (Å²) < 4.78 is 11.1. The predicted octanol–water partition coefficient (Wildman–Crippen LogP) is 4.31. The minimum absolute atomic E-state index is 0.0842. The van der Waals surface area contributed by atoms with Crippen LogP contribution in [-0.2, 0) is 11.3 Å². The maximum Gasteiger partial charge on any atom is 0.311 e. The van der Waals surface area contributed by atoms with Gasteiger partial charge < -0.3 is 14.8 Å². The minimum atomic E-state index is -0.445. The van der Waals surface area contributed by atoms with E-state index in [0.717, 1.165) is 25.0 Å². The first kappa shape index (κ1) is 17.7. The zero-order valence-corrected chi connectivity index (χ0v) is 14.4. The third-order valence-electron chi connectivity index (χ3n) is 4.03. The van der Waals surface area contributed by atoms with Gasteiger partial charge in [0.2, 0.25) is 5.75 Å². The molecule has 0 radical (unpaired) electrons. The number of nitro groups is 1. The summed E-state index contributed by atoms with van der Waals surface area (Å²) in [5.74, 6) is 0.556. The molecule has 1 aliphatic rings. The van der Waals surface area contributed by atoms with Crippen molar-refractivity contribution >= 4 is 17.3 Å². The number of hydrogen-bond acceptors (Lipinski definition) is 5. The van der Waals surface area contributed by atoms with Gasteiger partial charge in [0.25, 0.3) is 0 Å². The van der Waals surface area contributed by atoms with Gasteiger partial charge >= 0.3 is 5.69 Å². The molecule has 25 heavy (non-hydrogen) atoms. The Balaban J connectivity index is 1.73. The first-order chi connectivity index (χ1) is 12.1. The SMILES string of the molecule is O=[N+]([O-])c1cc(CNC2CCCOC2)ccc1Oc1ccccc1Cl. The number of nitrogens with zero attached hydrogens (tertiary/aromatic N) is 1. The predicted molar refractivity (Wildman–Crippen MR) is 95.3 cm³/mol. The number of ether oxygens (including phenoxy) is 2. The Hall–Kier alpha value is -2.15. The summed E-state index contributed by atoms with van der Waals surface area (Å²) in [4.78, 5) is 11.0. The molecule has 6 nitrogen and oxygen atoms in total. The molecule has 1 N–H and O–H groups in total. The number of nitrogens with one attached hydrogen (secondary N) is 1. The van der Waals surface area contributed by atoms with Gasteiger partial charge in [-0.25, -0.2) is 0 Å². The summed E-state index contributed by atoms with van der Waals surface area (Å²) in [6.07, 6.45) is 2.08. The van der Waals surface area contributed by atoms with Gasteiger partial charge in [0.15, 0.2) is 0 Å². The number of rotatable bonds is 6. The fraction of sp³-hybridized carbons (Fsp3) is 0.333. The van der Waals surface area contributed by atoms with E-state index < -0.39 is 4.92 Å². The van der Waals surface area contributed by atoms with Crippen LogP contribution in [-0.4, -0.2) is 24.2 Å². The molecule has 1 heterocycles. The molecule has 0 spiro atoms. The number of benzene rings is 2. The summed E-state index contributed by atoms with van der Waals surface area (Å²) in [7, 11) is 0. The summed E-state index contributed by atoms with van der Waals surface area (Å²) >= 11 is 6.06. The van der Waals surface area contributed by atoms with Gasteiger partial charge in [-0.1, -0.05) is 29.8 Å². The van der Waals surface area contributed by atoms with Crippen molar-refractivity contribution in [3.63, 3.8) is 0 Å². The van der Waals surface area contributed by atoms with E-state index in [0.29, 0.717) is 23.9 Å². The van der Waals surface area contributed by atoms with Crippen molar-refractivity contribution < 1.29 is 14.4 Å². The Morgan fingerprint density at radius 2 is 2.12 bits per heavy atom. The van der Waals surface area contributed by atoms with Crippen LogP contribution in [0.2, 0.25) is 5.02 Å². The molecule has 2 aromatic rings. The molecule has 1 aliphatic heterocycles. The Bertz CT molecular complexity index is 748. The molecule has 0 aliphatic carbocycles. The van der Waals surface area contributed by atoms with Crippen LogP contribution >= 0.6 is 11.6 Å². The van der Waals surface area contributed by atoms with E-state index in [-0.39, 0.29) is 17.5 Å². The number of halogens is 1. The van der Waals surface area contributed by atoms with Gasteiger partial charge in [-0.05, 0) is 36.6 Å². The van der Waals surface area contributed by atoms with E-state index >= 15 is 0 Å². The van der Waals surface area contributed by atoms with Crippen LogP contribution in [0.1, 0.15) is 18.4 Å². The van der Waals surface area contributed by atoms with Gasteiger partial charge in [0, 0.05) is 25.3 Å². The fourth-order valence-corrected chi connectivity index (χ4v) is 2.89. The monoisotopic (exact) mass is 362 g/mol. The largest absolute Gasteiger partial charge is 0.449 e. The van der Waals surface area contributed by atoms with E-state index in [1.807, 2.05) is 6.07 Å². The maximum atomic E-state index is 11.4. The highest BCUT2D eigenvalue weighted by molar-refractivity contribution is 6.32. The van der Waals surface area contributed by atoms with Crippen molar-refractivity contribution in [1.82, 2.24) is 5.32 Å². The smallest absolute Gasteiger partial charge is 0.311 e. The average molecular weight is 363 g/mol. The van der Waals surface area contributed by atoms with Crippen molar-refractivity contribution in [1.29, 1.82) is 0 Å². The summed E-state index contributed by atoms with van der Waals surface area (Å²) in [6.45, 7) is 2.02. The van der Waals surface area contributed by atoms with Gasteiger partial charge in [-0.2, -0.15) is 0 Å². The zero-order valence-electron chi connectivity index (χ0n) is 13.6. The van der Waals surface area contributed by atoms with E-state index in [1.165, 1.54) is 6.07 Å². The number of para-hydroxylation sites is 1. The Morgan fingerprint density at radius 1 is 1.28 bits per heavy atom. The molecule has 1 fully saturated rings. The number of hydrogen-bond donors (Lipinski definition) is 1. The van der Waals surface area contributed by atoms with Crippen LogP contribution in [0.25, 0.3) is 0 Å². The quantitative estimate of drug-likeness (QED) is 0.612. The topological polar surface area (TPSA) is 73.6 Å². The summed E-state index contributed by atoms with van der Waals surface area (Å²) in [6, 6.07) is 12.1. The van der Waals surface area contributed by atoms with Crippen LogP contribution in [0.15, 0.2) is 42.5 Å². The van der Waals surface area contributed by atoms with Gasteiger partial charge in [-0.3, -0.25) is 10.1 Å². The molecule has 0 amide bonds. The van der Waals surface area contributed by atoms with Gasteiger partial charge in [-0.15, -0.1) is 0 Å². The lowest BCUT2D eigenvalue weighted by atomic mass is 10.1. The fourth-order valence-electron chi connectivity index (χ4n) is 2.71. The van der Waals surface area contributed by atoms with Gasteiger partial charge in [0.05, 0.1) is 16.6 Å². The van der Waals surface area contributed by atoms with Crippen molar-refractivity contribution in [2.24, 2.45) is 0 Å². The molecule has 3 rings (SSSR count). The normalized spacial score (nSPS) is 17.2. The summed E-state index contributed by atoms with van der Waals surface area (Å²) in [5, 5.41) is 15.2. The lowest BCUT2D eigenvalue weighted by Crippen LogP contribution is -2.36. The van der Waals surface area contributed by atoms with Crippen molar-refractivity contribution in [2.75, 3.05) is 13.2 Å². The van der Waals surface area contributed by atoms with Crippen LogP contribution in [0.5, 0.6) is 11.5 Å². The van der Waals surface area contributed by atoms with Crippen LogP contribution in [0.4, 0.5) is 5.69 Å². The van der Waals surface area contributed by atoms with Gasteiger partial charge in [0.1, 0.15) is 5.75 Å². The van der Waals surface area contributed by atoms with E-state index in [1.54, 1.807) is 30.3 Å². The van der Waals surface area contributed by atoms with E-state index in [9.17, 15) is 10.1 Å². The average Bonchev–Trinajstić information content (AvgIpc) is 2.63. The molecule has 132 valence electrons. The molecule has 0 bridgehead atoms. The first-order valence-corrected chi connectivity index (χ1v) is 8.52. The second-order valence-corrected chi connectivity index (χ2v) is 6.29. The van der Waals surface area contributed by atoms with Crippen molar-refractivity contribution in [3.05, 3.63) is 63.2 Å². The lowest BCUT2D eigenvalue weighted by Gasteiger charge is -2.23. The standard InChI is InChI=1S/C18H19ClN2O4/c19-15-5-1-2-6-17(15)25-18-8-7-13(10-16(18)21(22)23)11-20-14-4-3-9-24-12-14/h1-2,5-8,10,14,20H,3-4,9,11-12H2. The molecule has 1 unspecified atom stereocenters. The lowest BCUT2D eigenvalue weighted by molar-refractivity contribution is -0.385. The zero-order chi connectivity index (χ0) is 17.6. The van der Waals surface area contributed by atoms with Crippen LogP contribution in [0, 0.1) is 10.1 Å². The Morgan fingerprint density at radius 3 is 2.84 bits per heavy atom. The maximum absolute atomic E-state index is 11.4. The molecule has 2 aromatic carbocycles. The van der Waals surface area contributed by atoms with Crippen LogP contribution in [0.3, 0.4) is 0 Å². The van der Waals surface area contributed by atoms with Crippen LogP contribution < -0.4 is 10.1 Å². The highest BCUT2D eigenvalue weighted by Gasteiger charge is 2.19. The first-order valence-electron chi connectivity index (χ1n) is 8.14. The van der Waals surface area contributed by atoms with Crippen molar-refractivity contribution in [2.45, 2.75) is 25.4 Å². The Kier molecular flexibility index (Phi) is 5.86. The Labute approximate surface area is 150 Å². The van der Waals surface area contributed by atoms with E-state index in [4.69, 9.17) is 21.1 Å².